The standard InChI is InChI=1S/C15H25FN2O/c1-5-14(17-8-9-18(3)4)15(19)12-6-7-13(16)11(2)10-12/h6-7,10,14-15,17,19H,5,8-9H2,1-4H3. The quantitative estimate of drug-likeness (QED) is 0.795. The van der Waals surface area contributed by atoms with Crippen molar-refractivity contribution in [3.8, 4) is 0 Å². The number of benzene rings is 1. The van der Waals surface area contributed by atoms with Crippen LogP contribution in [0.1, 0.15) is 30.6 Å². The predicted octanol–water partition coefficient (Wildman–Crippen LogP) is 2.10. The van der Waals surface area contributed by atoms with Crippen LogP contribution in [0.3, 0.4) is 0 Å². The second kappa shape index (κ2) is 7.58. The van der Waals surface area contributed by atoms with Gasteiger partial charge in [0, 0.05) is 19.1 Å². The van der Waals surface area contributed by atoms with Gasteiger partial charge in [0.2, 0.25) is 0 Å². The first-order valence-corrected chi connectivity index (χ1v) is 6.78. The Morgan fingerprint density at radius 2 is 2.05 bits per heavy atom. The topological polar surface area (TPSA) is 35.5 Å². The van der Waals surface area contributed by atoms with E-state index < -0.39 is 6.10 Å². The minimum atomic E-state index is -0.605. The first-order chi connectivity index (χ1) is 8.95. The zero-order valence-electron chi connectivity index (χ0n) is 12.3. The van der Waals surface area contributed by atoms with E-state index in [-0.39, 0.29) is 11.9 Å². The number of aliphatic hydroxyl groups excluding tert-OH is 1. The Morgan fingerprint density at radius 3 is 2.58 bits per heavy atom. The largest absolute Gasteiger partial charge is 0.387 e. The number of aryl methyl sites for hydroxylation is 1. The Hall–Kier alpha value is -0.970. The summed E-state index contributed by atoms with van der Waals surface area (Å²) in [5.41, 5.74) is 1.34. The molecule has 0 bridgehead atoms. The number of hydrogen-bond acceptors (Lipinski definition) is 3. The Bertz CT molecular complexity index is 396. The van der Waals surface area contributed by atoms with Crippen LogP contribution in [0.25, 0.3) is 0 Å². The molecule has 19 heavy (non-hydrogen) atoms. The summed E-state index contributed by atoms with van der Waals surface area (Å²) in [5, 5.41) is 13.7. The van der Waals surface area contributed by atoms with Crippen LogP contribution in [0.2, 0.25) is 0 Å². The van der Waals surface area contributed by atoms with E-state index in [1.807, 2.05) is 21.0 Å². The van der Waals surface area contributed by atoms with Gasteiger partial charge in [-0.05, 0) is 44.6 Å². The predicted molar refractivity (Wildman–Crippen MR) is 76.7 cm³/mol. The number of hydrogen-bond donors (Lipinski definition) is 2. The van der Waals surface area contributed by atoms with Gasteiger partial charge >= 0.3 is 0 Å². The van der Waals surface area contributed by atoms with Gasteiger partial charge in [-0.25, -0.2) is 4.39 Å². The van der Waals surface area contributed by atoms with Crippen molar-refractivity contribution in [2.24, 2.45) is 0 Å². The van der Waals surface area contributed by atoms with Crippen molar-refractivity contribution < 1.29 is 9.50 Å². The fourth-order valence-electron chi connectivity index (χ4n) is 2.04. The molecule has 2 N–H and O–H groups in total. The third-order valence-electron chi connectivity index (χ3n) is 3.31. The highest BCUT2D eigenvalue weighted by Gasteiger charge is 2.19. The lowest BCUT2D eigenvalue weighted by atomic mass is 9.98. The molecular formula is C15H25FN2O. The molecule has 0 radical (unpaired) electrons. The number of nitrogens with zero attached hydrogens (tertiary/aromatic N) is 1. The van der Waals surface area contributed by atoms with Crippen LogP contribution in [-0.2, 0) is 0 Å². The molecule has 108 valence electrons. The number of nitrogens with one attached hydrogen (secondary N) is 1. The van der Waals surface area contributed by atoms with Crippen molar-refractivity contribution in [2.75, 3.05) is 27.2 Å². The van der Waals surface area contributed by atoms with E-state index in [1.54, 1.807) is 19.1 Å². The molecule has 0 amide bonds. The highest BCUT2D eigenvalue weighted by atomic mass is 19.1. The summed E-state index contributed by atoms with van der Waals surface area (Å²) in [5.74, 6) is -0.232. The second-order valence-electron chi connectivity index (χ2n) is 5.23. The smallest absolute Gasteiger partial charge is 0.126 e. The van der Waals surface area contributed by atoms with Crippen molar-refractivity contribution in [1.29, 1.82) is 0 Å². The average Bonchev–Trinajstić information content (AvgIpc) is 2.37. The van der Waals surface area contributed by atoms with Crippen LogP contribution >= 0.6 is 0 Å². The highest BCUT2D eigenvalue weighted by Crippen LogP contribution is 2.21. The van der Waals surface area contributed by atoms with Gasteiger partial charge in [-0.3, -0.25) is 0 Å². The van der Waals surface area contributed by atoms with Gasteiger partial charge in [0.15, 0.2) is 0 Å². The molecule has 1 aromatic carbocycles. The fourth-order valence-corrected chi connectivity index (χ4v) is 2.04. The molecule has 0 heterocycles. The summed E-state index contributed by atoms with van der Waals surface area (Å²) >= 11 is 0. The highest BCUT2D eigenvalue weighted by molar-refractivity contribution is 5.26. The second-order valence-corrected chi connectivity index (χ2v) is 5.23. The molecule has 0 aromatic heterocycles. The number of aliphatic hydroxyl groups is 1. The summed E-state index contributed by atoms with van der Waals surface area (Å²) in [6.07, 6.45) is 0.219. The minimum absolute atomic E-state index is 0.00943. The first kappa shape index (κ1) is 16.1. The van der Waals surface area contributed by atoms with Gasteiger partial charge in [0.25, 0.3) is 0 Å². The van der Waals surface area contributed by atoms with Crippen LogP contribution in [0.15, 0.2) is 18.2 Å². The summed E-state index contributed by atoms with van der Waals surface area (Å²) < 4.78 is 13.2. The molecule has 1 rings (SSSR count). The van der Waals surface area contributed by atoms with Gasteiger partial charge in [0.05, 0.1) is 6.10 Å². The number of halogens is 1. The van der Waals surface area contributed by atoms with Crippen molar-refractivity contribution >= 4 is 0 Å². The molecule has 0 aliphatic heterocycles. The van der Waals surface area contributed by atoms with Gasteiger partial charge in [0.1, 0.15) is 5.82 Å². The van der Waals surface area contributed by atoms with Crippen molar-refractivity contribution in [1.82, 2.24) is 10.2 Å². The molecule has 0 fully saturated rings. The normalized spacial score (nSPS) is 14.7. The molecule has 0 saturated carbocycles. The van der Waals surface area contributed by atoms with Crippen molar-refractivity contribution in [3.05, 3.63) is 35.1 Å². The van der Waals surface area contributed by atoms with Crippen molar-refractivity contribution in [3.63, 3.8) is 0 Å². The van der Waals surface area contributed by atoms with Gasteiger partial charge in [-0.15, -0.1) is 0 Å². The molecule has 2 unspecified atom stereocenters. The molecular weight excluding hydrogens is 243 g/mol. The minimum Gasteiger partial charge on any atom is -0.387 e. The van der Waals surface area contributed by atoms with E-state index in [0.29, 0.717) is 5.56 Å². The maximum absolute atomic E-state index is 13.2. The number of rotatable bonds is 7. The van der Waals surface area contributed by atoms with E-state index in [0.717, 1.165) is 25.1 Å². The van der Waals surface area contributed by atoms with E-state index in [1.165, 1.54) is 6.07 Å². The molecule has 3 nitrogen and oxygen atoms in total. The molecule has 0 aliphatic carbocycles. The molecule has 1 aromatic rings. The van der Waals surface area contributed by atoms with Gasteiger partial charge in [-0.2, -0.15) is 0 Å². The molecule has 0 spiro atoms. The van der Waals surface area contributed by atoms with Crippen LogP contribution in [0.5, 0.6) is 0 Å². The van der Waals surface area contributed by atoms with Crippen LogP contribution in [0, 0.1) is 12.7 Å². The fraction of sp³-hybridized carbons (Fsp3) is 0.600. The maximum atomic E-state index is 13.2. The Morgan fingerprint density at radius 1 is 1.37 bits per heavy atom. The maximum Gasteiger partial charge on any atom is 0.126 e. The lowest BCUT2D eigenvalue weighted by molar-refractivity contribution is 0.124. The van der Waals surface area contributed by atoms with Crippen LogP contribution in [-0.4, -0.2) is 43.2 Å². The lowest BCUT2D eigenvalue weighted by Crippen LogP contribution is -2.38. The third kappa shape index (κ3) is 4.90. The number of likely N-dealkylation sites (N-methyl/N-ethyl adjacent to an activating group) is 1. The third-order valence-corrected chi connectivity index (χ3v) is 3.31. The lowest BCUT2D eigenvalue weighted by Gasteiger charge is -2.24. The summed E-state index contributed by atoms with van der Waals surface area (Å²) in [4.78, 5) is 2.09. The van der Waals surface area contributed by atoms with E-state index in [2.05, 4.69) is 10.2 Å². The molecule has 4 heteroatoms. The zero-order valence-corrected chi connectivity index (χ0v) is 12.3. The first-order valence-electron chi connectivity index (χ1n) is 6.78. The van der Waals surface area contributed by atoms with E-state index in [9.17, 15) is 9.50 Å². The van der Waals surface area contributed by atoms with Crippen LogP contribution < -0.4 is 5.32 Å². The summed E-state index contributed by atoms with van der Waals surface area (Å²) in [6, 6.07) is 4.78. The van der Waals surface area contributed by atoms with Gasteiger partial charge < -0.3 is 15.3 Å². The SMILES string of the molecule is CCC(NCCN(C)C)C(O)c1ccc(F)c(C)c1. The Labute approximate surface area is 115 Å². The average molecular weight is 268 g/mol. The molecule has 0 saturated heterocycles. The monoisotopic (exact) mass is 268 g/mol. The zero-order chi connectivity index (χ0) is 14.4. The van der Waals surface area contributed by atoms with Crippen LogP contribution in [0.4, 0.5) is 4.39 Å². The Kier molecular flexibility index (Phi) is 6.42. The van der Waals surface area contributed by atoms with E-state index >= 15 is 0 Å². The molecule has 0 aliphatic rings. The Balaban J connectivity index is 2.66. The van der Waals surface area contributed by atoms with E-state index in [4.69, 9.17) is 0 Å². The summed E-state index contributed by atoms with van der Waals surface area (Å²) in [6.45, 7) is 5.49. The molecule has 2 atom stereocenters. The van der Waals surface area contributed by atoms with Gasteiger partial charge in [-0.1, -0.05) is 19.1 Å². The van der Waals surface area contributed by atoms with Crippen molar-refractivity contribution in [2.45, 2.75) is 32.4 Å². The summed E-state index contributed by atoms with van der Waals surface area (Å²) in [7, 11) is 4.03.